The van der Waals surface area contributed by atoms with E-state index in [1.807, 2.05) is 0 Å². The van der Waals surface area contributed by atoms with Gasteiger partial charge in [-0.15, -0.1) is 0 Å². The highest BCUT2D eigenvalue weighted by atomic mass is 35.5. The minimum Gasteiger partial charge on any atom is -0.320 e. The molecular formula is C13H7Cl2FN2O3. The number of halogens is 3. The van der Waals surface area contributed by atoms with Gasteiger partial charge in [0.25, 0.3) is 11.6 Å². The van der Waals surface area contributed by atoms with Gasteiger partial charge in [0.2, 0.25) is 0 Å². The van der Waals surface area contributed by atoms with Gasteiger partial charge in [0.1, 0.15) is 5.82 Å². The van der Waals surface area contributed by atoms with E-state index in [1.165, 1.54) is 12.1 Å². The van der Waals surface area contributed by atoms with Crippen LogP contribution < -0.4 is 5.32 Å². The van der Waals surface area contributed by atoms with E-state index in [4.69, 9.17) is 23.2 Å². The molecule has 0 saturated heterocycles. The molecular weight excluding hydrogens is 322 g/mol. The largest absolute Gasteiger partial charge is 0.320 e. The van der Waals surface area contributed by atoms with Gasteiger partial charge in [-0.1, -0.05) is 29.3 Å². The second-order valence-corrected chi connectivity index (χ2v) is 4.76. The van der Waals surface area contributed by atoms with Crippen LogP contribution in [0.4, 0.5) is 15.8 Å². The number of nitrogens with one attached hydrogen (secondary N) is 1. The Morgan fingerprint density at radius 3 is 2.62 bits per heavy atom. The van der Waals surface area contributed by atoms with Crippen molar-refractivity contribution in [3.63, 3.8) is 0 Å². The Morgan fingerprint density at radius 2 is 1.95 bits per heavy atom. The molecule has 0 bridgehead atoms. The number of nitro benzene ring substituents is 1. The van der Waals surface area contributed by atoms with Crippen LogP contribution in [0.25, 0.3) is 0 Å². The van der Waals surface area contributed by atoms with Crippen molar-refractivity contribution in [2.24, 2.45) is 0 Å². The normalized spacial score (nSPS) is 10.2. The molecule has 21 heavy (non-hydrogen) atoms. The second-order valence-electron chi connectivity index (χ2n) is 3.98. The van der Waals surface area contributed by atoms with Crippen LogP contribution in [-0.4, -0.2) is 10.8 Å². The fraction of sp³-hybridized carbons (Fsp3) is 0. The molecule has 0 radical (unpaired) electrons. The zero-order chi connectivity index (χ0) is 15.6. The number of hydrogen-bond acceptors (Lipinski definition) is 3. The average Bonchev–Trinajstić information content (AvgIpc) is 2.44. The maximum atomic E-state index is 13.6. The zero-order valence-electron chi connectivity index (χ0n) is 10.3. The first kappa shape index (κ1) is 15.2. The minimum absolute atomic E-state index is 0.0957. The van der Waals surface area contributed by atoms with E-state index in [1.54, 1.807) is 6.07 Å². The SMILES string of the molecule is O=C(Nc1cccc(Cl)c1Cl)c1cc([N+](=O)[O-])ccc1F. The summed E-state index contributed by atoms with van der Waals surface area (Å²) in [4.78, 5) is 21.9. The van der Waals surface area contributed by atoms with Crippen LogP contribution in [0.15, 0.2) is 36.4 Å². The predicted octanol–water partition coefficient (Wildman–Crippen LogP) is 4.29. The summed E-state index contributed by atoms with van der Waals surface area (Å²) in [6, 6.07) is 7.22. The molecule has 1 N–H and O–H groups in total. The molecule has 0 aromatic heterocycles. The number of benzene rings is 2. The van der Waals surface area contributed by atoms with E-state index in [0.717, 1.165) is 18.2 Å². The number of nitrogens with zero attached hydrogens (tertiary/aromatic N) is 1. The lowest BCUT2D eigenvalue weighted by Gasteiger charge is -2.08. The summed E-state index contributed by atoms with van der Waals surface area (Å²) < 4.78 is 13.6. The topological polar surface area (TPSA) is 72.2 Å². The monoisotopic (exact) mass is 328 g/mol. The summed E-state index contributed by atoms with van der Waals surface area (Å²) in [5, 5.41) is 13.3. The molecule has 1 amide bonds. The fourth-order valence-electron chi connectivity index (χ4n) is 1.59. The van der Waals surface area contributed by atoms with Crippen molar-refractivity contribution >= 4 is 40.5 Å². The summed E-state index contributed by atoms with van der Waals surface area (Å²) in [5.74, 6) is -1.74. The van der Waals surface area contributed by atoms with Gasteiger partial charge in [-0.25, -0.2) is 4.39 Å². The molecule has 0 aliphatic heterocycles. The highest BCUT2D eigenvalue weighted by Crippen LogP contribution is 2.30. The van der Waals surface area contributed by atoms with E-state index in [-0.39, 0.29) is 15.7 Å². The van der Waals surface area contributed by atoms with Gasteiger partial charge in [0, 0.05) is 12.1 Å². The number of amides is 1. The maximum absolute atomic E-state index is 13.6. The molecule has 2 rings (SSSR count). The third-order valence-electron chi connectivity index (χ3n) is 2.61. The number of carbonyl (C=O) groups excluding carboxylic acids is 1. The van der Waals surface area contributed by atoms with Crippen LogP contribution in [0.2, 0.25) is 10.0 Å². The van der Waals surface area contributed by atoms with Crippen LogP contribution in [-0.2, 0) is 0 Å². The van der Waals surface area contributed by atoms with Gasteiger partial charge in [-0.2, -0.15) is 0 Å². The number of rotatable bonds is 3. The van der Waals surface area contributed by atoms with Crippen molar-refractivity contribution in [1.29, 1.82) is 0 Å². The highest BCUT2D eigenvalue weighted by molar-refractivity contribution is 6.44. The Morgan fingerprint density at radius 1 is 1.24 bits per heavy atom. The quantitative estimate of drug-likeness (QED) is 0.674. The standard InChI is InChI=1S/C13H7Cl2FN2O3/c14-9-2-1-3-11(12(9)15)17-13(19)8-6-7(18(20)21)4-5-10(8)16/h1-6H,(H,17,19). The molecule has 2 aromatic rings. The fourth-order valence-corrected chi connectivity index (χ4v) is 1.94. The third-order valence-corrected chi connectivity index (χ3v) is 3.42. The van der Waals surface area contributed by atoms with E-state index >= 15 is 0 Å². The molecule has 5 nitrogen and oxygen atoms in total. The van der Waals surface area contributed by atoms with E-state index in [9.17, 15) is 19.3 Å². The van der Waals surface area contributed by atoms with Crippen LogP contribution >= 0.6 is 23.2 Å². The van der Waals surface area contributed by atoms with Gasteiger partial charge in [0.15, 0.2) is 0 Å². The maximum Gasteiger partial charge on any atom is 0.270 e. The first-order chi connectivity index (χ1) is 9.90. The van der Waals surface area contributed by atoms with Gasteiger partial charge in [0.05, 0.1) is 26.2 Å². The molecule has 0 spiro atoms. The van der Waals surface area contributed by atoms with Crippen LogP contribution in [0.1, 0.15) is 10.4 Å². The van der Waals surface area contributed by atoms with Crippen molar-refractivity contribution in [3.05, 3.63) is 67.9 Å². The lowest BCUT2D eigenvalue weighted by molar-refractivity contribution is -0.384. The Balaban J connectivity index is 2.34. The van der Waals surface area contributed by atoms with Crippen molar-refractivity contribution in [2.45, 2.75) is 0 Å². The molecule has 0 heterocycles. The Hall–Kier alpha value is -2.18. The molecule has 0 unspecified atom stereocenters. The minimum atomic E-state index is -0.878. The lowest BCUT2D eigenvalue weighted by atomic mass is 10.1. The molecule has 0 aliphatic rings. The molecule has 108 valence electrons. The number of nitro groups is 1. The highest BCUT2D eigenvalue weighted by Gasteiger charge is 2.18. The van der Waals surface area contributed by atoms with Crippen molar-refractivity contribution in [3.8, 4) is 0 Å². The van der Waals surface area contributed by atoms with Gasteiger partial charge in [-0.05, 0) is 18.2 Å². The van der Waals surface area contributed by atoms with Crippen molar-refractivity contribution in [1.82, 2.24) is 0 Å². The molecule has 8 heteroatoms. The average molecular weight is 329 g/mol. The number of anilines is 1. The van der Waals surface area contributed by atoms with E-state index < -0.39 is 27.9 Å². The Labute approximate surface area is 128 Å². The van der Waals surface area contributed by atoms with Gasteiger partial charge < -0.3 is 5.32 Å². The molecule has 0 saturated carbocycles. The first-order valence-corrected chi connectivity index (χ1v) is 6.35. The number of carbonyl (C=O) groups is 1. The summed E-state index contributed by atoms with van der Waals surface area (Å²) in [7, 11) is 0. The van der Waals surface area contributed by atoms with Crippen molar-refractivity contribution < 1.29 is 14.1 Å². The zero-order valence-corrected chi connectivity index (χ0v) is 11.8. The summed E-state index contributed by atoms with van der Waals surface area (Å²) >= 11 is 11.7. The number of hydrogen-bond donors (Lipinski definition) is 1. The smallest absolute Gasteiger partial charge is 0.270 e. The van der Waals surface area contributed by atoms with Gasteiger partial charge in [-0.3, -0.25) is 14.9 Å². The molecule has 0 fully saturated rings. The third kappa shape index (κ3) is 3.29. The summed E-state index contributed by atoms with van der Waals surface area (Å²) in [6.07, 6.45) is 0. The van der Waals surface area contributed by atoms with E-state index in [0.29, 0.717) is 0 Å². The summed E-state index contributed by atoms with van der Waals surface area (Å²) in [6.45, 7) is 0. The summed E-state index contributed by atoms with van der Waals surface area (Å²) in [5.41, 5.74) is -0.668. The van der Waals surface area contributed by atoms with Crippen LogP contribution in [0, 0.1) is 15.9 Å². The number of non-ortho nitro benzene ring substituents is 1. The van der Waals surface area contributed by atoms with Crippen molar-refractivity contribution in [2.75, 3.05) is 5.32 Å². The molecule has 2 aromatic carbocycles. The predicted molar refractivity (Wildman–Crippen MR) is 77.5 cm³/mol. The Bertz CT molecular complexity index is 737. The Kier molecular flexibility index (Phi) is 4.40. The van der Waals surface area contributed by atoms with E-state index in [2.05, 4.69) is 5.32 Å². The molecule has 0 aliphatic carbocycles. The molecule has 0 atom stereocenters. The van der Waals surface area contributed by atoms with Crippen LogP contribution in [0.3, 0.4) is 0 Å². The van der Waals surface area contributed by atoms with Gasteiger partial charge >= 0.3 is 0 Å². The second kappa shape index (κ2) is 6.07. The first-order valence-electron chi connectivity index (χ1n) is 5.59. The lowest BCUT2D eigenvalue weighted by Crippen LogP contribution is -2.14. The van der Waals surface area contributed by atoms with Crippen LogP contribution in [0.5, 0.6) is 0 Å².